The lowest BCUT2D eigenvalue weighted by molar-refractivity contribution is 1.10. The number of hydrogen-bond donors (Lipinski definition) is 1. The van der Waals surface area contributed by atoms with Crippen molar-refractivity contribution in [2.75, 3.05) is 0 Å². The van der Waals surface area contributed by atoms with E-state index in [0.717, 1.165) is 62.0 Å². The Balaban J connectivity index is 1.06. The summed E-state index contributed by atoms with van der Waals surface area (Å²) >= 11 is 0. The quantitative estimate of drug-likeness (QED) is 0.167. The van der Waals surface area contributed by atoms with Gasteiger partial charge in [0.15, 0.2) is 0 Å². The highest BCUT2D eigenvalue weighted by Gasteiger charge is 2.15. The van der Waals surface area contributed by atoms with E-state index in [9.17, 15) is 0 Å². The summed E-state index contributed by atoms with van der Waals surface area (Å²) in [4.78, 5) is 9.58. The van der Waals surface area contributed by atoms with E-state index in [1.54, 1.807) is 6.20 Å². The van der Waals surface area contributed by atoms with Crippen LogP contribution in [0.4, 0.5) is 0 Å². The highest BCUT2D eigenvalue weighted by Crippen LogP contribution is 2.36. The maximum atomic E-state index is 6.23. The van der Waals surface area contributed by atoms with E-state index in [-0.39, 0.29) is 0 Å². The van der Waals surface area contributed by atoms with Gasteiger partial charge in [0.2, 0.25) is 0 Å². The van der Waals surface area contributed by atoms with Gasteiger partial charge in [0.1, 0.15) is 0 Å². The van der Waals surface area contributed by atoms with Gasteiger partial charge in [0, 0.05) is 47.3 Å². The van der Waals surface area contributed by atoms with Crippen LogP contribution >= 0.6 is 0 Å². The topological polar surface area (TPSA) is 56.7 Å². The number of nitrogens with zero attached hydrogens (tertiary/aromatic N) is 3. The van der Waals surface area contributed by atoms with Crippen molar-refractivity contribution in [1.29, 1.82) is 0 Å². The molecule has 0 atom stereocenters. The van der Waals surface area contributed by atoms with Gasteiger partial charge in [0.05, 0.1) is 16.6 Å². The average Bonchev–Trinajstić information content (AvgIpc) is 3.51. The van der Waals surface area contributed by atoms with Gasteiger partial charge >= 0.3 is 0 Å². The standard InChI is InChI=1S/C46H38N4/c1-4-30-16-17-33-20-23-39(40-24-19-31(5-2)44(30)45(33)40)35-18-21-36(49-29-35)12-9-11-34(28-47)38-25-22-37(27-32(38)6-3)50-42-14-8-7-13-41(42)46-43(50)15-10-26-48-46/h4-5,7-11,13-29H,2,6,12,47H2,1,3H3/b11-9-,30-4-,34-28+. The third-order valence-corrected chi connectivity index (χ3v) is 9.91. The zero-order chi connectivity index (χ0) is 34.2. The molecule has 0 saturated heterocycles. The second kappa shape index (κ2) is 13.0. The first-order chi connectivity index (χ1) is 24.6. The molecule has 2 N–H and O–H groups in total. The van der Waals surface area contributed by atoms with Gasteiger partial charge in [-0.15, -0.1) is 0 Å². The minimum atomic E-state index is 0.702. The van der Waals surface area contributed by atoms with Crippen molar-refractivity contribution in [1.82, 2.24) is 14.5 Å². The summed E-state index contributed by atoms with van der Waals surface area (Å²) in [6, 6.07) is 36.8. The molecule has 5 aromatic carbocycles. The normalized spacial score (nSPS) is 12.7. The van der Waals surface area contributed by atoms with E-state index < -0.39 is 0 Å². The molecule has 4 nitrogen and oxygen atoms in total. The average molecular weight is 647 g/mol. The van der Waals surface area contributed by atoms with E-state index in [2.05, 4.69) is 140 Å². The van der Waals surface area contributed by atoms with Gasteiger partial charge in [-0.1, -0.05) is 105 Å². The fourth-order valence-corrected chi connectivity index (χ4v) is 7.47. The fraction of sp³-hybridized carbons (Fsp3) is 0.0870. The molecular weight excluding hydrogens is 609 g/mol. The Kier molecular flexibility index (Phi) is 8.06. The molecule has 4 heteroatoms. The summed E-state index contributed by atoms with van der Waals surface area (Å²) in [5.74, 6) is 0. The van der Waals surface area contributed by atoms with Gasteiger partial charge in [-0.25, -0.2) is 0 Å². The second-order valence-corrected chi connectivity index (χ2v) is 12.6. The number of pyridine rings is 2. The predicted octanol–water partition coefficient (Wildman–Crippen LogP) is 10.4. The number of nitrogens with two attached hydrogens (primary N) is 1. The first-order valence-electron chi connectivity index (χ1n) is 17.2. The van der Waals surface area contributed by atoms with Crippen molar-refractivity contribution in [2.45, 2.75) is 26.7 Å². The maximum Gasteiger partial charge on any atom is 0.0963 e. The van der Waals surface area contributed by atoms with Crippen LogP contribution in [0.1, 0.15) is 36.2 Å². The summed E-state index contributed by atoms with van der Waals surface area (Å²) in [5, 5.41) is 7.37. The number of aryl methyl sites for hydroxylation is 1. The van der Waals surface area contributed by atoms with E-state index in [4.69, 9.17) is 15.7 Å². The molecule has 50 heavy (non-hydrogen) atoms. The molecule has 0 aliphatic carbocycles. The highest BCUT2D eigenvalue weighted by molar-refractivity contribution is 6.17. The molecule has 8 aromatic rings. The number of fused-ring (bicyclic) bond motifs is 3. The van der Waals surface area contributed by atoms with Crippen molar-refractivity contribution >= 4 is 61.2 Å². The SMILES string of the molecule is C=Cc1ccc2c(-c3ccc(C/C=C\C(=C/N)c4ccc(-n5c6ccccc6c6ncccc65)cc4CC)nc3)ccc3cc/c(=C/C)c1c32. The lowest BCUT2D eigenvalue weighted by Crippen LogP contribution is -2.03. The van der Waals surface area contributed by atoms with Crippen LogP contribution in [0.2, 0.25) is 0 Å². The molecule has 3 aromatic heterocycles. The van der Waals surface area contributed by atoms with Crippen LogP contribution in [0.15, 0.2) is 140 Å². The number of benzene rings is 5. The monoisotopic (exact) mass is 646 g/mol. The molecule has 0 radical (unpaired) electrons. The number of aromatic nitrogens is 3. The molecule has 0 fully saturated rings. The van der Waals surface area contributed by atoms with Crippen LogP contribution in [-0.4, -0.2) is 14.5 Å². The second-order valence-electron chi connectivity index (χ2n) is 12.6. The smallest absolute Gasteiger partial charge is 0.0963 e. The van der Waals surface area contributed by atoms with Crippen LogP contribution in [-0.2, 0) is 12.8 Å². The number of allylic oxidation sites excluding steroid dienone is 3. The first-order valence-corrected chi connectivity index (χ1v) is 17.2. The highest BCUT2D eigenvalue weighted by atomic mass is 15.0. The van der Waals surface area contributed by atoms with Crippen LogP contribution in [0.25, 0.3) is 78.0 Å². The minimum Gasteiger partial charge on any atom is -0.404 e. The van der Waals surface area contributed by atoms with E-state index in [1.807, 2.05) is 24.5 Å². The fourth-order valence-electron chi connectivity index (χ4n) is 7.47. The Morgan fingerprint density at radius 1 is 0.840 bits per heavy atom. The van der Waals surface area contributed by atoms with Gasteiger partial charge in [-0.2, -0.15) is 0 Å². The van der Waals surface area contributed by atoms with Crippen LogP contribution in [0, 0.1) is 0 Å². The predicted molar refractivity (Wildman–Crippen MR) is 213 cm³/mol. The van der Waals surface area contributed by atoms with Gasteiger partial charge < -0.3 is 10.3 Å². The molecule has 0 unspecified atom stereocenters. The number of hydrogen-bond acceptors (Lipinski definition) is 3. The molecule has 0 spiro atoms. The zero-order valence-corrected chi connectivity index (χ0v) is 28.4. The largest absolute Gasteiger partial charge is 0.404 e. The summed E-state index contributed by atoms with van der Waals surface area (Å²) in [6.45, 7) is 8.36. The van der Waals surface area contributed by atoms with Crippen molar-refractivity contribution in [2.24, 2.45) is 5.73 Å². The van der Waals surface area contributed by atoms with Crippen molar-refractivity contribution < 1.29 is 0 Å². The van der Waals surface area contributed by atoms with Crippen LogP contribution in [0.3, 0.4) is 0 Å². The summed E-state index contributed by atoms with van der Waals surface area (Å²) in [6.07, 6.45) is 15.5. The third-order valence-electron chi connectivity index (χ3n) is 9.91. The number of para-hydroxylation sites is 1. The van der Waals surface area contributed by atoms with E-state index in [0.29, 0.717) is 6.42 Å². The van der Waals surface area contributed by atoms with Gasteiger partial charge in [-0.3, -0.25) is 9.97 Å². The van der Waals surface area contributed by atoms with Crippen molar-refractivity contribution in [3.8, 4) is 16.8 Å². The molecule has 0 aliphatic heterocycles. The third kappa shape index (κ3) is 5.17. The maximum absolute atomic E-state index is 6.23. The van der Waals surface area contributed by atoms with Gasteiger partial charge in [-0.05, 0) is 104 Å². The molecule has 0 amide bonds. The lowest BCUT2D eigenvalue weighted by Gasteiger charge is -2.14. The summed E-state index contributed by atoms with van der Waals surface area (Å²) in [5.41, 5.74) is 18.4. The Hall–Kier alpha value is -6.26. The lowest BCUT2D eigenvalue weighted by atomic mass is 9.90. The van der Waals surface area contributed by atoms with Crippen molar-refractivity contribution in [3.05, 3.63) is 168 Å². The Morgan fingerprint density at radius 2 is 1.70 bits per heavy atom. The molecule has 242 valence electrons. The molecule has 8 rings (SSSR count). The Bertz CT molecular complexity index is 2640. The summed E-state index contributed by atoms with van der Waals surface area (Å²) in [7, 11) is 0. The van der Waals surface area contributed by atoms with E-state index >= 15 is 0 Å². The Morgan fingerprint density at radius 3 is 2.50 bits per heavy atom. The van der Waals surface area contributed by atoms with Crippen molar-refractivity contribution in [3.63, 3.8) is 0 Å². The molecular formula is C46H38N4. The zero-order valence-electron chi connectivity index (χ0n) is 28.4. The Labute approximate surface area is 292 Å². The summed E-state index contributed by atoms with van der Waals surface area (Å²) < 4.78 is 2.30. The molecule has 0 bridgehead atoms. The first kappa shape index (κ1) is 31.0. The van der Waals surface area contributed by atoms with Gasteiger partial charge in [0.25, 0.3) is 0 Å². The molecule has 0 saturated carbocycles. The van der Waals surface area contributed by atoms with Crippen LogP contribution < -0.4 is 11.0 Å². The van der Waals surface area contributed by atoms with Crippen LogP contribution in [0.5, 0.6) is 0 Å². The van der Waals surface area contributed by atoms with E-state index in [1.165, 1.54) is 37.9 Å². The number of rotatable bonds is 8. The molecule has 3 heterocycles. The minimum absolute atomic E-state index is 0.702. The molecule has 0 aliphatic rings.